The topological polar surface area (TPSA) is 70.7 Å². The first-order chi connectivity index (χ1) is 9.26. The molecule has 5 nitrogen and oxygen atoms in total. The number of nitrogens with zero attached hydrogens (tertiary/aromatic N) is 2. The average Bonchev–Trinajstić information content (AvgIpc) is 3.11. The van der Waals surface area contributed by atoms with Crippen molar-refractivity contribution < 1.29 is 0 Å². The molecule has 2 aromatic heterocycles. The Kier molecular flexibility index (Phi) is 3.33. The van der Waals surface area contributed by atoms with E-state index in [9.17, 15) is 4.79 Å². The van der Waals surface area contributed by atoms with E-state index in [1.807, 2.05) is 5.38 Å². The highest BCUT2D eigenvalue weighted by Crippen LogP contribution is 2.37. The van der Waals surface area contributed by atoms with Gasteiger partial charge in [0.05, 0.1) is 6.04 Å². The van der Waals surface area contributed by atoms with Gasteiger partial charge in [-0.15, -0.1) is 11.3 Å². The zero-order valence-electron chi connectivity index (χ0n) is 10.7. The molecule has 100 valence electrons. The number of nitrogens with one attached hydrogen (secondary N) is 2. The third-order valence-corrected chi connectivity index (χ3v) is 4.09. The van der Waals surface area contributed by atoms with Gasteiger partial charge >= 0.3 is 0 Å². The normalized spacial score (nSPS) is 16.3. The van der Waals surface area contributed by atoms with Crippen LogP contribution in [0.3, 0.4) is 0 Å². The minimum Gasteiger partial charge on any atom is -0.361 e. The van der Waals surface area contributed by atoms with Crippen molar-refractivity contribution in [3.63, 3.8) is 0 Å². The number of hydrogen-bond donors (Lipinski definition) is 2. The van der Waals surface area contributed by atoms with Crippen LogP contribution in [0.15, 0.2) is 22.4 Å². The molecule has 1 atom stereocenters. The van der Waals surface area contributed by atoms with Gasteiger partial charge in [0.1, 0.15) is 16.6 Å². The quantitative estimate of drug-likeness (QED) is 0.880. The lowest BCUT2D eigenvalue weighted by Gasteiger charge is -2.15. The van der Waals surface area contributed by atoms with Gasteiger partial charge in [-0.25, -0.2) is 9.97 Å². The summed E-state index contributed by atoms with van der Waals surface area (Å²) in [5.41, 5.74) is -0.0895. The van der Waals surface area contributed by atoms with Gasteiger partial charge in [0.2, 0.25) is 0 Å². The summed E-state index contributed by atoms with van der Waals surface area (Å²) in [5.74, 6) is 1.89. The van der Waals surface area contributed by atoms with E-state index in [0.717, 1.165) is 30.1 Å². The zero-order chi connectivity index (χ0) is 13.2. The van der Waals surface area contributed by atoms with Crippen molar-refractivity contribution in [3.8, 4) is 0 Å². The van der Waals surface area contributed by atoms with Gasteiger partial charge in [0, 0.05) is 23.6 Å². The molecule has 0 aliphatic heterocycles. The van der Waals surface area contributed by atoms with E-state index in [2.05, 4.69) is 27.2 Å². The molecule has 0 radical (unpaired) electrons. The van der Waals surface area contributed by atoms with E-state index in [1.54, 1.807) is 17.5 Å². The molecule has 0 bridgehead atoms. The van der Waals surface area contributed by atoms with Crippen molar-refractivity contribution >= 4 is 17.2 Å². The van der Waals surface area contributed by atoms with Crippen molar-refractivity contribution in [1.29, 1.82) is 0 Å². The van der Waals surface area contributed by atoms with Crippen LogP contribution in [0.4, 0.5) is 5.82 Å². The maximum atomic E-state index is 11.7. The van der Waals surface area contributed by atoms with Crippen molar-refractivity contribution in [2.24, 2.45) is 0 Å². The number of aromatic nitrogens is 3. The lowest BCUT2D eigenvalue weighted by molar-refractivity contribution is 0.733. The highest BCUT2D eigenvalue weighted by Gasteiger charge is 2.26. The Balaban J connectivity index is 1.83. The summed E-state index contributed by atoms with van der Waals surface area (Å²) in [4.78, 5) is 23.3. The van der Waals surface area contributed by atoms with Gasteiger partial charge in [-0.1, -0.05) is 6.92 Å². The van der Waals surface area contributed by atoms with E-state index in [0.29, 0.717) is 11.7 Å². The summed E-state index contributed by atoms with van der Waals surface area (Å²) in [7, 11) is 0. The zero-order valence-corrected chi connectivity index (χ0v) is 11.5. The van der Waals surface area contributed by atoms with Crippen molar-refractivity contribution in [2.45, 2.75) is 38.1 Å². The van der Waals surface area contributed by atoms with E-state index in [1.165, 1.54) is 6.07 Å². The summed E-state index contributed by atoms with van der Waals surface area (Å²) in [6, 6.07) is 1.63. The summed E-state index contributed by atoms with van der Waals surface area (Å²) in [5, 5.41) is 6.30. The number of aromatic amines is 1. The minimum absolute atomic E-state index is 0.0895. The molecule has 0 saturated heterocycles. The molecular weight excluding hydrogens is 260 g/mol. The largest absolute Gasteiger partial charge is 0.361 e. The second-order valence-electron chi connectivity index (χ2n) is 4.77. The van der Waals surface area contributed by atoms with Crippen LogP contribution >= 0.6 is 11.3 Å². The maximum Gasteiger partial charge on any atom is 0.252 e. The van der Waals surface area contributed by atoms with Crippen molar-refractivity contribution in [1.82, 2.24) is 15.0 Å². The summed E-state index contributed by atoms with van der Waals surface area (Å²) >= 11 is 1.61. The minimum atomic E-state index is -0.0895. The van der Waals surface area contributed by atoms with Gasteiger partial charge in [-0.05, 0) is 19.3 Å². The van der Waals surface area contributed by atoms with Crippen LogP contribution in [0.1, 0.15) is 49.0 Å². The van der Waals surface area contributed by atoms with Gasteiger partial charge in [0.15, 0.2) is 0 Å². The number of anilines is 1. The average molecular weight is 276 g/mol. The Labute approximate surface area is 115 Å². The highest BCUT2D eigenvalue weighted by atomic mass is 32.1. The van der Waals surface area contributed by atoms with E-state index < -0.39 is 0 Å². The molecule has 1 aliphatic rings. The number of H-pyrrole nitrogens is 1. The molecule has 19 heavy (non-hydrogen) atoms. The van der Waals surface area contributed by atoms with Crippen LogP contribution in [0.25, 0.3) is 0 Å². The molecule has 1 saturated carbocycles. The number of thiazole rings is 1. The van der Waals surface area contributed by atoms with Crippen LogP contribution in [-0.4, -0.2) is 15.0 Å². The van der Waals surface area contributed by atoms with E-state index >= 15 is 0 Å². The predicted octanol–water partition coefficient (Wildman–Crippen LogP) is 2.67. The van der Waals surface area contributed by atoms with E-state index in [-0.39, 0.29) is 11.6 Å². The Morgan fingerprint density at radius 3 is 3.05 bits per heavy atom. The molecule has 2 heterocycles. The SMILES string of the molecule is CCC(Nc1cc(=O)[nH]c(C2CC2)n1)c1nccs1. The fourth-order valence-corrected chi connectivity index (χ4v) is 2.80. The lowest BCUT2D eigenvalue weighted by Crippen LogP contribution is -2.16. The van der Waals surface area contributed by atoms with Crippen LogP contribution in [0.2, 0.25) is 0 Å². The molecule has 3 rings (SSSR count). The molecule has 0 aromatic carbocycles. The van der Waals surface area contributed by atoms with Gasteiger partial charge in [-0.3, -0.25) is 4.79 Å². The van der Waals surface area contributed by atoms with Gasteiger partial charge < -0.3 is 10.3 Å². The summed E-state index contributed by atoms with van der Waals surface area (Å²) in [6.45, 7) is 2.09. The van der Waals surface area contributed by atoms with Crippen LogP contribution in [0.5, 0.6) is 0 Å². The first kappa shape index (κ1) is 12.3. The van der Waals surface area contributed by atoms with Crippen molar-refractivity contribution in [3.05, 3.63) is 38.8 Å². The Morgan fingerprint density at radius 2 is 2.42 bits per heavy atom. The fourth-order valence-electron chi connectivity index (χ4n) is 2.02. The second kappa shape index (κ2) is 5.13. The standard InChI is InChI=1S/C13H16N4OS/c1-2-9(13-14-5-6-19-13)15-10-7-11(18)17-12(16-10)8-3-4-8/h5-9H,2-4H2,1H3,(H2,15,16,17,18). The molecule has 1 unspecified atom stereocenters. The maximum absolute atomic E-state index is 11.7. The molecule has 2 aromatic rings. The molecule has 6 heteroatoms. The van der Waals surface area contributed by atoms with E-state index in [4.69, 9.17) is 0 Å². The van der Waals surface area contributed by atoms with Crippen LogP contribution < -0.4 is 10.9 Å². The van der Waals surface area contributed by atoms with Crippen LogP contribution in [0, 0.1) is 0 Å². The summed E-state index contributed by atoms with van der Waals surface area (Å²) in [6.07, 6.45) is 4.94. The molecule has 2 N–H and O–H groups in total. The Morgan fingerprint density at radius 1 is 1.58 bits per heavy atom. The molecule has 1 aliphatic carbocycles. The molecular formula is C13H16N4OS. The summed E-state index contributed by atoms with van der Waals surface area (Å²) < 4.78 is 0. The molecule has 1 fully saturated rings. The number of rotatable bonds is 5. The first-order valence-corrected chi connectivity index (χ1v) is 7.41. The van der Waals surface area contributed by atoms with Crippen molar-refractivity contribution in [2.75, 3.05) is 5.32 Å². The van der Waals surface area contributed by atoms with Gasteiger partial charge in [-0.2, -0.15) is 0 Å². The first-order valence-electron chi connectivity index (χ1n) is 6.53. The Bertz CT molecular complexity index is 603. The third kappa shape index (κ3) is 2.84. The monoisotopic (exact) mass is 276 g/mol. The fraction of sp³-hybridized carbons (Fsp3) is 0.462. The smallest absolute Gasteiger partial charge is 0.252 e. The lowest BCUT2D eigenvalue weighted by atomic mass is 10.2. The molecule has 0 amide bonds. The number of hydrogen-bond acceptors (Lipinski definition) is 5. The second-order valence-corrected chi connectivity index (χ2v) is 5.69. The predicted molar refractivity (Wildman–Crippen MR) is 75.6 cm³/mol. The third-order valence-electron chi connectivity index (χ3n) is 3.20. The molecule has 0 spiro atoms. The highest BCUT2D eigenvalue weighted by molar-refractivity contribution is 7.09. The van der Waals surface area contributed by atoms with Gasteiger partial charge in [0.25, 0.3) is 5.56 Å². The Hall–Kier alpha value is -1.69. The van der Waals surface area contributed by atoms with Crippen LogP contribution in [-0.2, 0) is 0 Å².